The minimum Gasteiger partial charge on any atom is -0.486 e. The van der Waals surface area contributed by atoms with Crippen LogP contribution in [0.3, 0.4) is 0 Å². The summed E-state index contributed by atoms with van der Waals surface area (Å²) >= 11 is 6.02. The number of aromatic nitrogens is 2. The van der Waals surface area contributed by atoms with Gasteiger partial charge in [0.1, 0.15) is 24.1 Å². The summed E-state index contributed by atoms with van der Waals surface area (Å²) in [6.45, 7) is 0.203. The molecule has 0 N–H and O–H groups in total. The Labute approximate surface area is 161 Å². The molecule has 0 spiro atoms. The molecule has 0 atom stereocenters. The molecule has 0 bridgehead atoms. The van der Waals surface area contributed by atoms with Crippen molar-refractivity contribution in [1.29, 1.82) is 5.26 Å². The van der Waals surface area contributed by atoms with Crippen LogP contribution in [0.1, 0.15) is 11.3 Å². The second-order valence-corrected chi connectivity index (χ2v) is 6.35. The molecular formula is C22H14ClN3O. The lowest BCUT2D eigenvalue weighted by Crippen LogP contribution is -2.04. The van der Waals surface area contributed by atoms with E-state index in [-0.39, 0.29) is 6.61 Å². The molecule has 4 rings (SSSR count). The largest absolute Gasteiger partial charge is 0.486 e. The van der Waals surface area contributed by atoms with Gasteiger partial charge in [-0.3, -0.25) is 0 Å². The van der Waals surface area contributed by atoms with Crippen LogP contribution in [0.25, 0.3) is 22.3 Å². The molecule has 0 amide bonds. The van der Waals surface area contributed by atoms with Crippen molar-refractivity contribution in [2.45, 2.75) is 6.61 Å². The Morgan fingerprint density at radius 2 is 1.52 bits per heavy atom. The molecule has 0 radical (unpaired) electrons. The maximum Gasteiger partial charge on any atom is 0.137 e. The van der Waals surface area contributed by atoms with Gasteiger partial charge in [-0.05, 0) is 36.4 Å². The van der Waals surface area contributed by atoms with Crippen molar-refractivity contribution in [3.63, 3.8) is 0 Å². The standard InChI is InChI=1S/C22H14ClN3O/c23-17-11-9-15(10-12-17)22-20(25-18-6-2-3-7-19(18)26-22)14-27-21-8-4-1-5-16(21)13-24/h1-12H,14H2. The molecule has 0 aliphatic heterocycles. The van der Waals surface area contributed by atoms with Crippen LogP contribution < -0.4 is 4.74 Å². The number of rotatable bonds is 4. The normalized spacial score (nSPS) is 10.5. The Morgan fingerprint density at radius 1 is 0.852 bits per heavy atom. The summed E-state index contributed by atoms with van der Waals surface area (Å²) in [5, 5.41) is 9.91. The molecule has 1 aromatic heterocycles. The fourth-order valence-electron chi connectivity index (χ4n) is 2.81. The van der Waals surface area contributed by atoms with E-state index in [0.717, 1.165) is 22.3 Å². The van der Waals surface area contributed by atoms with Gasteiger partial charge in [0.05, 0.1) is 22.3 Å². The molecule has 4 aromatic rings. The molecule has 27 heavy (non-hydrogen) atoms. The maximum absolute atomic E-state index is 9.25. The third kappa shape index (κ3) is 3.59. The molecule has 3 aromatic carbocycles. The number of benzene rings is 3. The average molecular weight is 372 g/mol. The molecule has 1 heterocycles. The third-order valence-electron chi connectivity index (χ3n) is 4.13. The van der Waals surface area contributed by atoms with Crippen LogP contribution in [0.4, 0.5) is 0 Å². The molecular weight excluding hydrogens is 358 g/mol. The lowest BCUT2D eigenvalue weighted by molar-refractivity contribution is 0.301. The second kappa shape index (κ2) is 7.45. The van der Waals surface area contributed by atoms with E-state index in [2.05, 4.69) is 6.07 Å². The topological polar surface area (TPSA) is 58.8 Å². The van der Waals surface area contributed by atoms with Crippen LogP contribution in [0.5, 0.6) is 5.75 Å². The van der Waals surface area contributed by atoms with Crippen molar-refractivity contribution in [2.75, 3.05) is 0 Å². The van der Waals surface area contributed by atoms with Crippen LogP contribution in [0.2, 0.25) is 5.02 Å². The fraction of sp³-hybridized carbons (Fsp3) is 0.0455. The summed E-state index contributed by atoms with van der Waals surface area (Å²) < 4.78 is 5.90. The molecule has 4 nitrogen and oxygen atoms in total. The van der Waals surface area contributed by atoms with Crippen molar-refractivity contribution in [1.82, 2.24) is 9.97 Å². The molecule has 0 aliphatic carbocycles. The highest BCUT2D eigenvalue weighted by molar-refractivity contribution is 6.30. The Hall–Kier alpha value is -3.42. The highest BCUT2D eigenvalue weighted by Gasteiger charge is 2.13. The van der Waals surface area contributed by atoms with Crippen LogP contribution in [0, 0.1) is 11.3 Å². The van der Waals surface area contributed by atoms with Crippen molar-refractivity contribution in [2.24, 2.45) is 0 Å². The molecule has 0 saturated carbocycles. The van der Waals surface area contributed by atoms with Gasteiger partial charge >= 0.3 is 0 Å². The first-order chi connectivity index (χ1) is 13.2. The number of nitriles is 1. The fourth-order valence-corrected chi connectivity index (χ4v) is 2.93. The molecule has 5 heteroatoms. The number of hydrogen-bond acceptors (Lipinski definition) is 4. The minimum atomic E-state index is 0.203. The maximum atomic E-state index is 9.25. The number of hydrogen-bond donors (Lipinski definition) is 0. The SMILES string of the molecule is N#Cc1ccccc1OCc1nc2ccccc2nc1-c1ccc(Cl)cc1. The Kier molecular flexibility index (Phi) is 4.69. The number of halogens is 1. The first-order valence-corrected chi connectivity index (χ1v) is 8.76. The zero-order chi connectivity index (χ0) is 18.6. The summed E-state index contributed by atoms with van der Waals surface area (Å²) in [5.74, 6) is 0.525. The molecule has 0 unspecified atom stereocenters. The minimum absolute atomic E-state index is 0.203. The highest BCUT2D eigenvalue weighted by atomic mass is 35.5. The van der Waals surface area contributed by atoms with E-state index in [0.29, 0.717) is 22.0 Å². The second-order valence-electron chi connectivity index (χ2n) is 5.91. The van der Waals surface area contributed by atoms with Gasteiger partial charge in [0.25, 0.3) is 0 Å². The summed E-state index contributed by atoms with van der Waals surface area (Å²) in [5.41, 5.74) is 4.43. The Bertz CT molecular complexity index is 1150. The van der Waals surface area contributed by atoms with Gasteiger partial charge in [-0.1, -0.05) is 48.0 Å². The zero-order valence-electron chi connectivity index (χ0n) is 14.3. The Balaban J connectivity index is 1.77. The Morgan fingerprint density at radius 3 is 2.26 bits per heavy atom. The van der Waals surface area contributed by atoms with Crippen LogP contribution in [-0.2, 0) is 6.61 Å². The number of ether oxygens (including phenoxy) is 1. The van der Waals surface area contributed by atoms with Crippen molar-refractivity contribution >= 4 is 22.6 Å². The lowest BCUT2D eigenvalue weighted by Gasteiger charge is -2.12. The predicted molar refractivity (Wildman–Crippen MR) is 105 cm³/mol. The molecule has 130 valence electrons. The quantitative estimate of drug-likeness (QED) is 0.482. The van der Waals surface area contributed by atoms with Crippen molar-refractivity contribution in [3.05, 3.63) is 89.1 Å². The number of para-hydroxylation sites is 3. The first-order valence-electron chi connectivity index (χ1n) is 8.38. The van der Waals surface area contributed by atoms with Gasteiger partial charge in [0, 0.05) is 10.6 Å². The van der Waals surface area contributed by atoms with Gasteiger partial charge in [0.2, 0.25) is 0 Å². The molecule has 0 aliphatic rings. The van der Waals surface area contributed by atoms with Gasteiger partial charge in [-0.2, -0.15) is 5.26 Å². The first kappa shape index (κ1) is 17.0. The van der Waals surface area contributed by atoms with Crippen LogP contribution in [0.15, 0.2) is 72.8 Å². The van der Waals surface area contributed by atoms with Gasteiger partial charge in [-0.15, -0.1) is 0 Å². The van der Waals surface area contributed by atoms with E-state index in [4.69, 9.17) is 26.3 Å². The van der Waals surface area contributed by atoms with E-state index < -0.39 is 0 Å². The van der Waals surface area contributed by atoms with E-state index in [1.165, 1.54) is 0 Å². The van der Waals surface area contributed by atoms with Gasteiger partial charge < -0.3 is 4.74 Å². The highest BCUT2D eigenvalue weighted by Crippen LogP contribution is 2.26. The lowest BCUT2D eigenvalue weighted by atomic mass is 10.1. The zero-order valence-corrected chi connectivity index (χ0v) is 15.0. The van der Waals surface area contributed by atoms with Crippen molar-refractivity contribution < 1.29 is 4.74 Å². The van der Waals surface area contributed by atoms with E-state index in [1.807, 2.05) is 54.6 Å². The number of nitrogens with zero attached hydrogens (tertiary/aromatic N) is 3. The smallest absolute Gasteiger partial charge is 0.137 e. The van der Waals surface area contributed by atoms with E-state index in [9.17, 15) is 5.26 Å². The summed E-state index contributed by atoms with van der Waals surface area (Å²) in [6.07, 6.45) is 0. The predicted octanol–water partition coefficient (Wildman–Crippen LogP) is 5.40. The third-order valence-corrected chi connectivity index (χ3v) is 4.38. The molecule has 0 fully saturated rings. The summed E-state index contributed by atoms with van der Waals surface area (Å²) in [4.78, 5) is 9.52. The van der Waals surface area contributed by atoms with Crippen molar-refractivity contribution in [3.8, 4) is 23.1 Å². The van der Waals surface area contributed by atoms with Crippen LogP contribution >= 0.6 is 11.6 Å². The molecule has 0 saturated heterocycles. The van der Waals surface area contributed by atoms with Gasteiger partial charge in [0.15, 0.2) is 0 Å². The summed E-state index contributed by atoms with van der Waals surface area (Å²) in [6, 6.07) is 24.4. The monoisotopic (exact) mass is 371 g/mol. The summed E-state index contributed by atoms with van der Waals surface area (Å²) in [7, 11) is 0. The van der Waals surface area contributed by atoms with Gasteiger partial charge in [-0.25, -0.2) is 9.97 Å². The number of fused-ring (bicyclic) bond motifs is 1. The average Bonchev–Trinajstić information content (AvgIpc) is 2.72. The van der Waals surface area contributed by atoms with Crippen LogP contribution in [-0.4, -0.2) is 9.97 Å². The van der Waals surface area contributed by atoms with E-state index >= 15 is 0 Å². The van der Waals surface area contributed by atoms with E-state index in [1.54, 1.807) is 18.2 Å².